The number of carbonyl (C=O) groups excluding carboxylic acids is 1. The Morgan fingerprint density at radius 3 is 2.24 bits per heavy atom. The minimum atomic E-state index is -0.304. The highest BCUT2D eigenvalue weighted by molar-refractivity contribution is 5.92. The van der Waals surface area contributed by atoms with Gasteiger partial charge >= 0.3 is 0 Å². The third-order valence-electron chi connectivity index (χ3n) is 5.97. The number of para-hydroxylation sites is 2. The molecule has 0 bridgehead atoms. The van der Waals surface area contributed by atoms with Gasteiger partial charge in [-0.1, -0.05) is 42.5 Å². The molecule has 0 aromatic heterocycles. The first kappa shape index (κ1) is 23.2. The summed E-state index contributed by atoms with van der Waals surface area (Å²) in [6, 6.07) is 20.9. The first-order valence-electron chi connectivity index (χ1n) is 11.2. The van der Waals surface area contributed by atoms with Crippen molar-refractivity contribution < 1.29 is 23.7 Å². The lowest BCUT2D eigenvalue weighted by Crippen LogP contribution is -2.41. The van der Waals surface area contributed by atoms with E-state index in [1.54, 1.807) is 27.4 Å². The van der Waals surface area contributed by atoms with Gasteiger partial charge in [0.05, 0.1) is 27.4 Å². The average molecular weight is 460 g/mol. The molecule has 4 rings (SSSR count). The summed E-state index contributed by atoms with van der Waals surface area (Å²) in [5.74, 6) is 2.50. The number of carbonyl (C=O) groups is 1. The normalized spacial score (nSPS) is 15.0. The maximum atomic E-state index is 13.3. The maximum Gasteiger partial charge on any atom is 0.247 e. The molecule has 34 heavy (non-hydrogen) atoms. The van der Waals surface area contributed by atoms with Crippen LogP contribution in [0.3, 0.4) is 0 Å². The molecule has 0 saturated heterocycles. The molecule has 1 heterocycles. The van der Waals surface area contributed by atoms with Gasteiger partial charge < -0.3 is 23.8 Å². The molecule has 1 amide bonds. The van der Waals surface area contributed by atoms with Gasteiger partial charge in [-0.3, -0.25) is 4.79 Å². The lowest BCUT2D eigenvalue weighted by molar-refractivity contribution is -0.129. The lowest BCUT2D eigenvalue weighted by atomic mass is 9.92. The molecule has 1 unspecified atom stereocenters. The molecule has 0 N–H and O–H groups in total. The van der Waals surface area contributed by atoms with Crippen molar-refractivity contribution in [3.63, 3.8) is 0 Å². The predicted octanol–water partition coefficient (Wildman–Crippen LogP) is 4.93. The highest BCUT2D eigenvalue weighted by Gasteiger charge is 2.32. The molecule has 3 aromatic carbocycles. The van der Waals surface area contributed by atoms with Gasteiger partial charge in [0.15, 0.2) is 23.0 Å². The topological polar surface area (TPSA) is 57.2 Å². The van der Waals surface area contributed by atoms with Crippen LogP contribution in [0.5, 0.6) is 23.0 Å². The maximum absolute atomic E-state index is 13.3. The SMILES string of the molecule is COc1cc2c(cc1OC)C(COc1ccccc1OC)N(C(=O)/C=C/c1ccccc1)CC2. The van der Waals surface area contributed by atoms with Gasteiger partial charge in [0, 0.05) is 12.6 Å². The van der Waals surface area contributed by atoms with E-state index in [4.69, 9.17) is 18.9 Å². The molecular formula is C28H29NO5. The molecule has 1 aliphatic heterocycles. The van der Waals surface area contributed by atoms with Crippen LogP contribution in [0.15, 0.2) is 72.8 Å². The zero-order valence-electron chi connectivity index (χ0n) is 19.7. The highest BCUT2D eigenvalue weighted by Crippen LogP contribution is 2.39. The standard InChI is InChI=1S/C28H29NO5/c1-31-24-11-7-8-12-25(24)34-19-23-22-18-27(33-3)26(32-2)17-21(22)15-16-29(23)28(30)14-13-20-9-5-4-6-10-20/h4-14,17-18,23H,15-16,19H2,1-3H3/b14-13+. The fourth-order valence-corrected chi connectivity index (χ4v) is 4.21. The number of ether oxygens (including phenoxy) is 4. The van der Waals surface area contributed by atoms with E-state index in [0.717, 1.165) is 16.7 Å². The Balaban J connectivity index is 1.66. The van der Waals surface area contributed by atoms with Crippen LogP contribution < -0.4 is 18.9 Å². The summed E-state index contributed by atoms with van der Waals surface area (Å²) in [4.78, 5) is 15.2. The van der Waals surface area contributed by atoms with Crippen LogP contribution in [-0.2, 0) is 11.2 Å². The van der Waals surface area contributed by atoms with Gasteiger partial charge in [0.25, 0.3) is 0 Å². The molecule has 0 spiro atoms. The number of hydrogen-bond donors (Lipinski definition) is 0. The van der Waals surface area contributed by atoms with E-state index < -0.39 is 0 Å². The minimum Gasteiger partial charge on any atom is -0.493 e. The first-order valence-corrected chi connectivity index (χ1v) is 11.2. The molecule has 6 nitrogen and oxygen atoms in total. The lowest BCUT2D eigenvalue weighted by Gasteiger charge is -2.37. The third kappa shape index (κ3) is 5.01. The zero-order valence-corrected chi connectivity index (χ0v) is 19.7. The van der Waals surface area contributed by atoms with E-state index in [9.17, 15) is 4.79 Å². The van der Waals surface area contributed by atoms with Crippen molar-refractivity contribution in [3.8, 4) is 23.0 Å². The molecule has 1 aliphatic rings. The summed E-state index contributed by atoms with van der Waals surface area (Å²) in [6.45, 7) is 0.841. The summed E-state index contributed by atoms with van der Waals surface area (Å²) >= 11 is 0. The van der Waals surface area contributed by atoms with Gasteiger partial charge in [0.1, 0.15) is 6.61 Å². The van der Waals surface area contributed by atoms with Crippen LogP contribution in [-0.4, -0.2) is 45.3 Å². The second kappa shape index (κ2) is 10.8. The molecule has 0 radical (unpaired) electrons. The molecule has 0 fully saturated rings. The Labute approximate surface area is 200 Å². The number of hydrogen-bond acceptors (Lipinski definition) is 5. The van der Waals surface area contributed by atoms with Crippen LogP contribution >= 0.6 is 0 Å². The third-order valence-corrected chi connectivity index (χ3v) is 5.97. The predicted molar refractivity (Wildman–Crippen MR) is 132 cm³/mol. The molecule has 176 valence electrons. The van der Waals surface area contributed by atoms with Gasteiger partial charge in [-0.2, -0.15) is 0 Å². The Hall–Kier alpha value is -3.93. The molecular weight excluding hydrogens is 430 g/mol. The monoisotopic (exact) mass is 459 g/mol. The molecule has 0 saturated carbocycles. The van der Waals surface area contributed by atoms with Crippen LogP contribution in [0, 0.1) is 0 Å². The van der Waals surface area contributed by atoms with E-state index in [0.29, 0.717) is 36.0 Å². The number of amides is 1. The van der Waals surface area contributed by atoms with Gasteiger partial charge in [-0.25, -0.2) is 0 Å². The molecule has 0 aliphatic carbocycles. The van der Waals surface area contributed by atoms with E-state index in [1.807, 2.05) is 77.7 Å². The largest absolute Gasteiger partial charge is 0.493 e. The fraction of sp³-hybridized carbons (Fsp3) is 0.250. The van der Waals surface area contributed by atoms with Crippen molar-refractivity contribution in [1.82, 2.24) is 4.90 Å². The van der Waals surface area contributed by atoms with Gasteiger partial charge in [0.2, 0.25) is 5.91 Å². The molecule has 6 heteroatoms. The summed E-state index contributed by atoms with van der Waals surface area (Å²) < 4.78 is 22.7. The summed E-state index contributed by atoms with van der Waals surface area (Å²) in [6.07, 6.45) is 4.17. The van der Waals surface area contributed by atoms with Crippen LogP contribution in [0.2, 0.25) is 0 Å². The van der Waals surface area contributed by atoms with E-state index in [-0.39, 0.29) is 18.6 Å². The summed E-state index contributed by atoms with van der Waals surface area (Å²) in [5.41, 5.74) is 3.07. The zero-order chi connectivity index (χ0) is 23.9. The number of nitrogens with zero attached hydrogens (tertiary/aromatic N) is 1. The van der Waals surface area contributed by atoms with Crippen molar-refractivity contribution in [2.45, 2.75) is 12.5 Å². The highest BCUT2D eigenvalue weighted by atomic mass is 16.5. The van der Waals surface area contributed by atoms with Crippen molar-refractivity contribution in [2.75, 3.05) is 34.5 Å². The number of methoxy groups -OCH3 is 3. The minimum absolute atomic E-state index is 0.0714. The van der Waals surface area contributed by atoms with Crippen LogP contribution in [0.1, 0.15) is 22.7 Å². The van der Waals surface area contributed by atoms with E-state index in [1.165, 1.54) is 0 Å². The van der Waals surface area contributed by atoms with Crippen LogP contribution in [0.25, 0.3) is 6.08 Å². The summed E-state index contributed by atoms with van der Waals surface area (Å²) in [5, 5.41) is 0. The fourth-order valence-electron chi connectivity index (χ4n) is 4.21. The Bertz CT molecular complexity index is 1160. The first-order chi connectivity index (χ1) is 16.6. The van der Waals surface area contributed by atoms with Gasteiger partial charge in [-0.05, 0) is 53.5 Å². The second-order valence-electron chi connectivity index (χ2n) is 7.91. The smallest absolute Gasteiger partial charge is 0.247 e. The van der Waals surface area contributed by atoms with Gasteiger partial charge in [-0.15, -0.1) is 0 Å². The van der Waals surface area contributed by atoms with E-state index >= 15 is 0 Å². The van der Waals surface area contributed by atoms with Crippen molar-refractivity contribution in [1.29, 1.82) is 0 Å². The molecule has 3 aromatic rings. The number of rotatable bonds is 8. The van der Waals surface area contributed by atoms with E-state index in [2.05, 4.69) is 0 Å². The number of fused-ring (bicyclic) bond motifs is 1. The van der Waals surface area contributed by atoms with Crippen molar-refractivity contribution in [3.05, 3.63) is 89.5 Å². The van der Waals surface area contributed by atoms with Crippen molar-refractivity contribution in [2.24, 2.45) is 0 Å². The Kier molecular flexibility index (Phi) is 7.38. The second-order valence-corrected chi connectivity index (χ2v) is 7.91. The summed E-state index contributed by atoms with van der Waals surface area (Å²) in [7, 11) is 4.85. The van der Waals surface area contributed by atoms with Crippen LogP contribution in [0.4, 0.5) is 0 Å². The molecule has 1 atom stereocenters. The Morgan fingerprint density at radius 2 is 1.53 bits per heavy atom. The van der Waals surface area contributed by atoms with Crippen molar-refractivity contribution >= 4 is 12.0 Å². The Morgan fingerprint density at radius 1 is 0.882 bits per heavy atom. The quantitative estimate of drug-likeness (QED) is 0.447. The number of benzene rings is 3. The average Bonchev–Trinajstić information content (AvgIpc) is 2.90.